The number of hydrogen-bond donors (Lipinski definition) is 1. The molecule has 0 saturated carbocycles. The first-order valence-electron chi connectivity index (χ1n) is 5.24. The third-order valence-corrected chi connectivity index (χ3v) is 2.66. The van der Waals surface area contributed by atoms with Crippen LogP contribution >= 0.6 is 0 Å². The predicted molar refractivity (Wildman–Crippen MR) is 64.0 cm³/mol. The molecule has 0 bridgehead atoms. The zero-order chi connectivity index (χ0) is 12.7. The Morgan fingerprint density at radius 1 is 1.00 bits per heavy atom. The first-order chi connectivity index (χ1) is 8.68. The molecule has 0 radical (unpaired) electrons. The number of anilines is 2. The van der Waals surface area contributed by atoms with E-state index >= 15 is 0 Å². The van der Waals surface area contributed by atoms with Gasteiger partial charge in [0.15, 0.2) is 0 Å². The number of imide groups is 1. The summed E-state index contributed by atoms with van der Waals surface area (Å²) in [7, 11) is 0. The van der Waals surface area contributed by atoms with Crippen LogP contribution in [0.5, 0.6) is 0 Å². The van der Waals surface area contributed by atoms with Crippen LogP contribution in [0.25, 0.3) is 0 Å². The molecule has 2 N–H and O–H groups in total. The van der Waals surface area contributed by atoms with Crippen LogP contribution in [0.2, 0.25) is 0 Å². The minimum Gasteiger partial charge on any atom is -0.399 e. The van der Waals surface area contributed by atoms with Crippen LogP contribution in [-0.2, 0) is 0 Å². The number of carbonyl (C=O) groups excluding carboxylic acids is 2. The number of rotatable bonds is 1. The molecule has 0 aliphatic carbocycles. The van der Waals surface area contributed by atoms with Gasteiger partial charge in [0.1, 0.15) is 0 Å². The Hall–Kier alpha value is -2.76. The summed E-state index contributed by atoms with van der Waals surface area (Å²) in [5.41, 5.74) is 6.65. The van der Waals surface area contributed by atoms with E-state index in [1.807, 2.05) is 0 Å². The fraction of sp³-hybridized carbons (Fsp3) is 0. The van der Waals surface area contributed by atoms with E-state index in [0.717, 1.165) is 4.90 Å². The van der Waals surface area contributed by atoms with Crippen LogP contribution in [-0.4, -0.2) is 21.8 Å². The number of nitrogens with two attached hydrogens (primary N) is 1. The van der Waals surface area contributed by atoms with Gasteiger partial charge in [-0.1, -0.05) is 0 Å². The van der Waals surface area contributed by atoms with Gasteiger partial charge in [0.05, 0.1) is 11.1 Å². The molecule has 0 saturated heterocycles. The standard InChI is InChI=1S/C12H8N4O2/c13-7-2-3-8-9(6-7)11(18)16(10(8)17)12-14-4-1-5-15-12/h1-6H,13H2. The lowest BCUT2D eigenvalue weighted by molar-refractivity contribution is 0.0924. The van der Waals surface area contributed by atoms with Gasteiger partial charge in [0.2, 0.25) is 5.95 Å². The van der Waals surface area contributed by atoms with Crippen molar-refractivity contribution in [3.05, 3.63) is 47.8 Å². The fourth-order valence-electron chi connectivity index (χ4n) is 1.85. The molecule has 88 valence electrons. The molecule has 2 heterocycles. The maximum Gasteiger partial charge on any atom is 0.268 e. The highest BCUT2D eigenvalue weighted by atomic mass is 16.2. The van der Waals surface area contributed by atoms with Gasteiger partial charge >= 0.3 is 0 Å². The summed E-state index contributed by atoms with van der Waals surface area (Å²) in [6.45, 7) is 0. The highest BCUT2D eigenvalue weighted by molar-refractivity contribution is 6.34. The van der Waals surface area contributed by atoms with Crippen molar-refractivity contribution in [2.45, 2.75) is 0 Å². The van der Waals surface area contributed by atoms with Gasteiger partial charge in [-0.15, -0.1) is 0 Å². The molecule has 2 aromatic rings. The molecule has 0 fully saturated rings. The number of nitrogen functional groups attached to an aromatic ring is 1. The van der Waals surface area contributed by atoms with Gasteiger partial charge in [0, 0.05) is 18.1 Å². The monoisotopic (exact) mass is 240 g/mol. The number of amides is 2. The van der Waals surface area contributed by atoms with Crippen LogP contribution in [0, 0.1) is 0 Å². The fourth-order valence-corrected chi connectivity index (χ4v) is 1.85. The molecule has 6 heteroatoms. The Kier molecular flexibility index (Phi) is 2.09. The second-order valence-corrected chi connectivity index (χ2v) is 3.80. The van der Waals surface area contributed by atoms with Crippen LogP contribution in [0.4, 0.5) is 11.6 Å². The van der Waals surface area contributed by atoms with Crippen molar-refractivity contribution in [3.63, 3.8) is 0 Å². The molecule has 2 amide bonds. The van der Waals surface area contributed by atoms with Gasteiger partial charge in [-0.3, -0.25) is 9.59 Å². The number of hydrogen-bond acceptors (Lipinski definition) is 5. The number of aromatic nitrogens is 2. The summed E-state index contributed by atoms with van der Waals surface area (Å²) in [4.78, 5) is 33.0. The van der Waals surface area contributed by atoms with Crippen LogP contribution in [0.1, 0.15) is 20.7 Å². The van der Waals surface area contributed by atoms with Crippen molar-refractivity contribution in [1.29, 1.82) is 0 Å². The first-order valence-corrected chi connectivity index (χ1v) is 5.24. The molecular weight excluding hydrogens is 232 g/mol. The zero-order valence-corrected chi connectivity index (χ0v) is 9.20. The summed E-state index contributed by atoms with van der Waals surface area (Å²) in [5, 5.41) is 0. The van der Waals surface area contributed by atoms with Crippen molar-refractivity contribution in [1.82, 2.24) is 9.97 Å². The van der Waals surface area contributed by atoms with Gasteiger partial charge in [-0.05, 0) is 24.3 Å². The Morgan fingerprint density at radius 2 is 1.67 bits per heavy atom. The van der Waals surface area contributed by atoms with E-state index in [9.17, 15) is 9.59 Å². The Morgan fingerprint density at radius 3 is 2.39 bits per heavy atom. The SMILES string of the molecule is Nc1ccc2c(c1)C(=O)N(c1ncccn1)C2=O. The normalized spacial score (nSPS) is 13.9. The van der Waals surface area contributed by atoms with E-state index in [2.05, 4.69) is 9.97 Å². The molecule has 18 heavy (non-hydrogen) atoms. The second-order valence-electron chi connectivity index (χ2n) is 3.80. The zero-order valence-electron chi connectivity index (χ0n) is 9.20. The topological polar surface area (TPSA) is 89.2 Å². The molecular formula is C12H8N4O2. The molecule has 0 spiro atoms. The lowest BCUT2D eigenvalue weighted by atomic mass is 10.1. The average Bonchev–Trinajstić information content (AvgIpc) is 2.63. The van der Waals surface area contributed by atoms with Crippen LogP contribution in [0.3, 0.4) is 0 Å². The van der Waals surface area contributed by atoms with Gasteiger partial charge in [-0.2, -0.15) is 0 Å². The number of carbonyl (C=O) groups is 2. The second kappa shape index (κ2) is 3.63. The smallest absolute Gasteiger partial charge is 0.268 e. The highest BCUT2D eigenvalue weighted by Gasteiger charge is 2.38. The third-order valence-electron chi connectivity index (χ3n) is 2.66. The van der Waals surface area contributed by atoms with Crippen molar-refractivity contribution in [2.75, 3.05) is 10.6 Å². The minimum absolute atomic E-state index is 0.0715. The summed E-state index contributed by atoms with van der Waals surface area (Å²) in [6, 6.07) is 6.21. The van der Waals surface area contributed by atoms with E-state index < -0.39 is 11.8 Å². The predicted octanol–water partition coefficient (Wildman–Crippen LogP) is 0.859. The minimum atomic E-state index is -0.450. The maximum absolute atomic E-state index is 12.1. The quantitative estimate of drug-likeness (QED) is 0.589. The van der Waals surface area contributed by atoms with E-state index in [1.54, 1.807) is 12.1 Å². The largest absolute Gasteiger partial charge is 0.399 e. The highest BCUT2D eigenvalue weighted by Crippen LogP contribution is 2.27. The van der Waals surface area contributed by atoms with Crippen molar-refractivity contribution in [2.24, 2.45) is 0 Å². The van der Waals surface area contributed by atoms with E-state index in [-0.39, 0.29) is 11.5 Å². The molecule has 1 aliphatic rings. The molecule has 1 aromatic carbocycles. The summed E-state index contributed by atoms with van der Waals surface area (Å²) in [6.07, 6.45) is 2.94. The molecule has 0 atom stereocenters. The molecule has 3 rings (SSSR count). The van der Waals surface area contributed by atoms with E-state index in [0.29, 0.717) is 11.3 Å². The maximum atomic E-state index is 12.1. The average molecular weight is 240 g/mol. The third kappa shape index (κ3) is 1.36. The summed E-state index contributed by atoms with van der Waals surface area (Å²) >= 11 is 0. The van der Waals surface area contributed by atoms with Crippen molar-refractivity contribution >= 4 is 23.5 Å². The first kappa shape index (κ1) is 10.4. The van der Waals surface area contributed by atoms with Crippen molar-refractivity contribution in [3.8, 4) is 0 Å². The van der Waals surface area contributed by atoms with Crippen molar-refractivity contribution < 1.29 is 9.59 Å². The number of nitrogens with zero attached hydrogens (tertiary/aromatic N) is 3. The lowest BCUT2D eigenvalue weighted by Gasteiger charge is -2.09. The molecule has 1 aromatic heterocycles. The van der Waals surface area contributed by atoms with Crippen LogP contribution < -0.4 is 10.6 Å². The molecule has 1 aliphatic heterocycles. The van der Waals surface area contributed by atoms with E-state index in [1.165, 1.54) is 24.5 Å². The van der Waals surface area contributed by atoms with E-state index in [4.69, 9.17) is 5.73 Å². The lowest BCUT2D eigenvalue weighted by Crippen LogP contribution is -2.30. The number of fused-ring (bicyclic) bond motifs is 1. The Labute approximate surface area is 102 Å². The van der Waals surface area contributed by atoms with Gasteiger partial charge < -0.3 is 5.73 Å². The Balaban J connectivity index is 2.13. The van der Waals surface area contributed by atoms with Gasteiger partial charge in [-0.25, -0.2) is 14.9 Å². The Bertz CT molecular complexity index is 654. The van der Waals surface area contributed by atoms with Gasteiger partial charge in [0.25, 0.3) is 11.8 Å². The molecule has 0 unspecified atom stereocenters. The van der Waals surface area contributed by atoms with Crippen LogP contribution in [0.15, 0.2) is 36.7 Å². The number of benzene rings is 1. The molecule has 6 nitrogen and oxygen atoms in total. The summed E-state index contributed by atoms with van der Waals surface area (Å²) < 4.78 is 0. The summed E-state index contributed by atoms with van der Waals surface area (Å²) in [5.74, 6) is -0.808.